The number of nitrogens with zero attached hydrogens (tertiary/aromatic N) is 2. The van der Waals surface area contributed by atoms with Crippen LogP contribution in [0.1, 0.15) is 48.2 Å². The van der Waals surface area contributed by atoms with Crippen molar-refractivity contribution in [1.29, 1.82) is 0 Å². The molecule has 0 radical (unpaired) electrons. The standard InChI is InChI=1S/C31H36ClN3O/c1-23-26(9-5-8-25-17-20-35(21-18-25)19-16-24-6-3-2-4-7-24)10-15-29-31(23)34-30(33-29)22-36-28-13-11-27(32)12-14-28/h2-4,6-7,10-15,25H,5,8-9,16-22H2,1H3,(H,33,34). The SMILES string of the molecule is Cc1c(CCCC2CCN(CCc3ccccc3)CC2)ccc2[nH]c(COc3ccc(Cl)cc3)nc12. The summed E-state index contributed by atoms with van der Waals surface area (Å²) in [4.78, 5) is 10.9. The highest BCUT2D eigenvalue weighted by Gasteiger charge is 2.19. The van der Waals surface area contributed by atoms with Crippen LogP contribution in [0, 0.1) is 12.8 Å². The van der Waals surface area contributed by atoms with Crippen LogP contribution in [0.15, 0.2) is 66.7 Å². The Morgan fingerprint density at radius 2 is 1.75 bits per heavy atom. The zero-order chi connectivity index (χ0) is 24.7. The Labute approximate surface area is 219 Å². The maximum Gasteiger partial charge on any atom is 0.146 e. The molecule has 0 atom stereocenters. The first kappa shape index (κ1) is 24.9. The molecule has 3 aromatic carbocycles. The zero-order valence-electron chi connectivity index (χ0n) is 21.2. The van der Waals surface area contributed by atoms with Crippen LogP contribution in [-0.4, -0.2) is 34.5 Å². The van der Waals surface area contributed by atoms with Crippen molar-refractivity contribution in [2.24, 2.45) is 5.92 Å². The molecule has 4 aromatic rings. The fourth-order valence-corrected chi connectivity index (χ4v) is 5.46. The van der Waals surface area contributed by atoms with Gasteiger partial charge in [-0.3, -0.25) is 0 Å². The van der Waals surface area contributed by atoms with Gasteiger partial charge in [0.05, 0.1) is 11.0 Å². The number of nitrogens with one attached hydrogen (secondary N) is 1. The van der Waals surface area contributed by atoms with Gasteiger partial charge in [-0.25, -0.2) is 4.98 Å². The molecule has 0 unspecified atom stereocenters. The minimum Gasteiger partial charge on any atom is -0.486 e. The van der Waals surface area contributed by atoms with Crippen LogP contribution in [0.25, 0.3) is 11.0 Å². The zero-order valence-corrected chi connectivity index (χ0v) is 21.9. The number of hydrogen-bond acceptors (Lipinski definition) is 3. The van der Waals surface area contributed by atoms with Crippen molar-refractivity contribution in [2.75, 3.05) is 19.6 Å². The fraction of sp³-hybridized carbons (Fsp3) is 0.387. The second-order valence-corrected chi connectivity index (χ2v) is 10.5. The number of hydrogen-bond donors (Lipinski definition) is 1. The number of aromatic amines is 1. The molecule has 0 aliphatic carbocycles. The van der Waals surface area contributed by atoms with Crippen LogP contribution in [-0.2, 0) is 19.4 Å². The third-order valence-electron chi connectivity index (χ3n) is 7.58. The van der Waals surface area contributed by atoms with Crippen molar-refractivity contribution in [3.63, 3.8) is 0 Å². The van der Waals surface area contributed by atoms with Crippen LogP contribution in [0.5, 0.6) is 5.75 Å². The first-order valence-corrected chi connectivity index (χ1v) is 13.6. The summed E-state index contributed by atoms with van der Waals surface area (Å²) >= 11 is 5.96. The highest BCUT2D eigenvalue weighted by molar-refractivity contribution is 6.30. The molecule has 5 heteroatoms. The van der Waals surface area contributed by atoms with E-state index in [0.717, 1.165) is 41.4 Å². The van der Waals surface area contributed by atoms with Crippen LogP contribution in [0.2, 0.25) is 5.02 Å². The van der Waals surface area contributed by atoms with E-state index in [-0.39, 0.29) is 0 Å². The van der Waals surface area contributed by atoms with Crippen LogP contribution in [0.3, 0.4) is 0 Å². The lowest BCUT2D eigenvalue weighted by atomic mass is 9.90. The Balaban J connectivity index is 1.07. The van der Waals surface area contributed by atoms with Gasteiger partial charge in [0.1, 0.15) is 18.2 Å². The van der Waals surface area contributed by atoms with E-state index in [1.54, 1.807) is 0 Å². The minimum absolute atomic E-state index is 0.412. The fourth-order valence-electron chi connectivity index (χ4n) is 5.34. The van der Waals surface area contributed by atoms with Gasteiger partial charge in [-0.2, -0.15) is 0 Å². The van der Waals surface area contributed by atoms with Gasteiger partial charge in [0.2, 0.25) is 0 Å². The number of aryl methyl sites for hydroxylation is 2. The van der Waals surface area contributed by atoms with Gasteiger partial charge >= 0.3 is 0 Å². The molecule has 1 aliphatic heterocycles. The number of ether oxygens (including phenoxy) is 1. The molecular formula is C31H36ClN3O. The number of aromatic nitrogens is 2. The minimum atomic E-state index is 0.412. The van der Waals surface area contributed by atoms with Crippen molar-refractivity contribution in [3.05, 3.63) is 94.3 Å². The molecule has 4 nitrogen and oxygen atoms in total. The molecule has 2 heterocycles. The van der Waals surface area contributed by atoms with Crippen LogP contribution >= 0.6 is 11.6 Å². The first-order chi connectivity index (χ1) is 17.6. The molecule has 188 valence electrons. The smallest absolute Gasteiger partial charge is 0.146 e. The summed E-state index contributed by atoms with van der Waals surface area (Å²) in [6.45, 7) is 6.29. The summed E-state index contributed by atoms with van der Waals surface area (Å²) in [6.07, 6.45) is 7.53. The number of halogens is 1. The molecule has 0 bridgehead atoms. The van der Waals surface area contributed by atoms with Crippen molar-refractivity contribution in [1.82, 2.24) is 14.9 Å². The molecule has 1 N–H and O–H groups in total. The molecule has 1 aliphatic rings. The molecule has 5 rings (SSSR count). The predicted octanol–water partition coefficient (Wildman–Crippen LogP) is 7.38. The van der Waals surface area contributed by atoms with E-state index >= 15 is 0 Å². The lowest BCUT2D eigenvalue weighted by Gasteiger charge is -2.32. The Bertz CT molecular complexity index is 1240. The van der Waals surface area contributed by atoms with Crippen molar-refractivity contribution >= 4 is 22.6 Å². The third-order valence-corrected chi connectivity index (χ3v) is 7.84. The molecule has 1 fully saturated rings. The summed E-state index contributed by atoms with van der Waals surface area (Å²) in [6, 6.07) is 22.7. The topological polar surface area (TPSA) is 41.2 Å². The van der Waals surface area contributed by atoms with Crippen molar-refractivity contribution < 1.29 is 4.74 Å². The Morgan fingerprint density at radius 1 is 0.972 bits per heavy atom. The average molecular weight is 502 g/mol. The van der Waals surface area contributed by atoms with Crippen LogP contribution in [0.4, 0.5) is 0 Å². The molecule has 1 saturated heterocycles. The van der Waals surface area contributed by atoms with E-state index < -0.39 is 0 Å². The molecule has 0 spiro atoms. The van der Waals surface area contributed by atoms with Crippen LogP contribution < -0.4 is 4.74 Å². The molecule has 36 heavy (non-hydrogen) atoms. The van der Waals surface area contributed by atoms with Gasteiger partial charge < -0.3 is 14.6 Å². The van der Waals surface area contributed by atoms with Crippen molar-refractivity contribution in [3.8, 4) is 5.75 Å². The van der Waals surface area contributed by atoms with Gasteiger partial charge in [0.15, 0.2) is 0 Å². The largest absolute Gasteiger partial charge is 0.486 e. The Hall–Kier alpha value is -2.82. The first-order valence-electron chi connectivity index (χ1n) is 13.3. The lowest BCUT2D eigenvalue weighted by Crippen LogP contribution is -2.35. The summed E-state index contributed by atoms with van der Waals surface area (Å²) in [5, 5.41) is 0.707. The van der Waals surface area contributed by atoms with Gasteiger partial charge in [0, 0.05) is 11.6 Å². The monoisotopic (exact) mass is 501 g/mol. The molecule has 1 aromatic heterocycles. The van der Waals surface area contributed by atoms with Gasteiger partial charge in [-0.1, -0.05) is 54.4 Å². The van der Waals surface area contributed by atoms with E-state index in [2.05, 4.69) is 59.3 Å². The lowest BCUT2D eigenvalue weighted by molar-refractivity contribution is 0.179. The number of rotatable bonds is 10. The number of piperidine rings is 1. The Morgan fingerprint density at radius 3 is 2.53 bits per heavy atom. The van der Waals surface area contributed by atoms with E-state index in [1.165, 1.54) is 62.0 Å². The Kier molecular flexibility index (Phi) is 8.25. The van der Waals surface area contributed by atoms with Crippen molar-refractivity contribution in [2.45, 2.75) is 52.1 Å². The summed E-state index contributed by atoms with van der Waals surface area (Å²) in [7, 11) is 0. The quantitative estimate of drug-likeness (QED) is 0.246. The molecule has 0 amide bonds. The van der Waals surface area contributed by atoms with Gasteiger partial charge in [-0.05, 0) is 105 Å². The van der Waals surface area contributed by atoms with E-state index in [9.17, 15) is 0 Å². The number of imidazole rings is 1. The van der Waals surface area contributed by atoms with E-state index in [1.807, 2.05) is 24.3 Å². The highest BCUT2D eigenvalue weighted by atomic mass is 35.5. The summed E-state index contributed by atoms with van der Waals surface area (Å²) in [5.74, 6) is 2.50. The van der Waals surface area contributed by atoms with Gasteiger partial charge in [-0.15, -0.1) is 0 Å². The maximum absolute atomic E-state index is 5.96. The average Bonchev–Trinajstić information content (AvgIpc) is 3.34. The highest BCUT2D eigenvalue weighted by Crippen LogP contribution is 2.26. The number of likely N-dealkylation sites (tertiary alicyclic amines) is 1. The number of fused-ring (bicyclic) bond motifs is 1. The summed E-state index contributed by atoms with van der Waals surface area (Å²) < 4.78 is 5.87. The normalized spacial score (nSPS) is 14.9. The number of benzene rings is 3. The second kappa shape index (κ2) is 11.9. The van der Waals surface area contributed by atoms with E-state index in [4.69, 9.17) is 21.3 Å². The third kappa shape index (κ3) is 6.48. The molecular weight excluding hydrogens is 466 g/mol. The summed E-state index contributed by atoms with van der Waals surface area (Å²) in [5.41, 5.74) is 6.30. The molecule has 0 saturated carbocycles. The van der Waals surface area contributed by atoms with E-state index in [0.29, 0.717) is 11.6 Å². The number of H-pyrrole nitrogens is 1. The predicted molar refractivity (Wildman–Crippen MR) is 149 cm³/mol. The second-order valence-electron chi connectivity index (χ2n) is 10.1. The van der Waals surface area contributed by atoms with Gasteiger partial charge in [0.25, 0.3) is 0 Å². The maximum atomic E-state index is 5.96.